The molecular weight excluding hydrogens is 400 g/mol. The molecule has 1 aliphatic heterocycles. The van der Waals surface area contributed by atoms with E-state index in [4.69, 9.17) is 16.3 Å². The van der Waals surface area contributed by atoms with Gasteiger partial charge in [-0.3, -0.25) is 14.4 Å². The van der Waals surface area contributed by atoms with Crippen LogP contribution in [0.15, 0.2) is 29.2 Å². The molecule has 0 saturated carbocycles. The summed E-state index contributed by atoms with van der Waals surface area (Å²) in [5.74, 6) is -0.834. The van der Waals surface area contributed by atoms with Gasteiger partial charge in [0.1, 0.15) is 0 Å². The molecule has 1 heterocycles. The monoisotopic (exact) mass is 426 g/mol. The van der Waals surface area contributed by atoms with Gasteiger partial charge in [0, 0.05) is 25.0 Å². The van der Waals surface area contributed by atoms with Crippen LogP contribution in [0.1, 0.15) is 26.7 Å². The number of hydrogen-bond acceptors (Lipinski definition) is 5. The van der Waals surface area contributed by atoms with E-state index in [0.717, 1.165) is 17.7 Å². The average Bonchev–Trinajstić information content (AvgIpc) is 2.69. The van der Waals surface area contributed by atoms with Crippen LogP contribution in [0.4, 0.5) is 0 Å². The molecule has 1 aliphatic rings. The van der Waals surface area contributed by atoms with Crippen LogP contribution in [0.2, 0.25) is 5.02 Å². The molecule has 1 saturated heterocycles. The van der Waals surface area contributed by atoms with E-state index < -0.39 is 0 Å². The number of benzene rings is 1. The first kappa shape index (κ1) is 22.6. The number of rotatable bonds is 7. The third-order valence-electron chi connectivity index (χ3n) is 4.63. The SMILES string of the molecule is CCOC(=O)C1CCCN(C(=O)CN(C)C(=O)C(C)Sc2ccccc2Cl)C1. The van der Waals surface area contributed by atoms with E-state index in [1.54, 1.807) is 31.9 Å². The second-order valence-corrected chi connectivity index (χ2v) is 8.61. The summed E-state index contributed by atoms with van der Waals surface area (Å²) in [5, 5.41) is 0.232. The second kappa shape index (κ2) is 10.7. The first-order chi connectivity index (χ1) is 13.3. The van der Waals surface area contributed by atoms with Gasteiger partial charge in [-0.2, -0.15) is 0 Å². The number of likely N-dealkylation sites (tertiary alicyclic amines) is 1. The van der Waals surface area contributed by atoms with Gasteiger partial charge in [-0.05, 0) is 38.8 Å². The average molecular weight is 427 g/mol. The lowest BCUT2D eigenvalue weighted by Gasteiger charge is -2.33. The van der Waals surface area contributed by atoms with Crippen LogP contribution in [0.25, 0.3) is 0 Å². The highest BCUT2D eigenvalue weighted by molar-refractivity contribution is 8.00. The lowest BCUT2D eigenvalue weighted by Crippen LogP contribution is -2.48. The van der Waals surface area contributed by atoms with Crippen LogP contribution in [-0.4, -0.2) is 66.1 Å². The predicted molar refractivity (Wildman–Crippen MR) is 110 cm³/mol. The quantitative estimate of drug-likeness (QED) is 0.495. The molecule has 154 valence electrons. The van der Waals surface area contributed by atoms with Crippen molar-refractivity contribution in [2.45, 2.75) is 36.8 Å². The summed E-state index contributed by atoms with van der Waals surface area (Å²) in [6.07, 6.45) is 1.48. The maximum Gasteiger partial charge on any atom is 0.310 e. The summed E-state index contributed by atoms with van der Waals surface area (Å²) in [6, 6.07) is 7.36. The highest BCUT2D eigenvalue weighted by Gasteiger charge is 2.30. The first-order valence-corrected chi connectivity index (χ1v) is 10.7. The van der Waals surface area contributed by atoms with Gasteiger partial charge in [0.2, 0.25) is 11.8 Å². The number of carbonyl (C=O) groups excluding carboxylic acids is 3. The van der Waals surface area contributed by atoms with Crippen molar-refractivity contribution < 1.29 is 19.1 Å². The Balaban J connectivity index is 1.89. The van der Waals surface area contributed by atoms with Crippen molar-refractivity contribution in [3.8, 4) is 0 Å². The maximum absolute atomic E-state index is 12.7. The first-order valence-electron chi connectivity index (χ1n) is 9.44. The van der Waals surface area contributed by atoms with Crippen molar-refractivity contribution in [1.82, 2.24) is 9.80 Å². The minimum Gasteiger partial charge on any atom is -0.466 e. The number of likely N-dealkylation sites (N-methyl/N-ethyl adjacent to an activating group) is 1. The van der Waals surface area contributed by atoms with Crippen molar-refractivity contribution in [1.29, 1.82) is 0 Å². The highest BCUT2D eigenvalue weighted by Crippen LogP contribution is 2.30. The number of hydrogen-bond donors (Lipinski definition) is 0. The van der Waals surface area contributed by atoms with Gasteiger partial charge in [0.25, 0.3) is 0 Å². The standard InChI is InChI=1S/C20H27ClN2O4S/c1-4-27-20(26)15-8-7-11-23(12-15)18(24)13-22(3)19(25)14(2)28-17-10-6-5-9-16(17)21/h5-6,9-10,14-15H,4,7-8,11-13H2,1-3H3. The van der Waals surface area contributed by atoms with Crippen LogP contribution in [0, 0.1) is 5.92 Å². The van der Waals surface area contributed by atoms with Crippen LogP contribution in [-0.2, 0) is 19.1 Å². The minimum atomic E-state index is -0.369. The molecule has 1 aromatic rings. The summed E-state index contributed by atoms with van der Waals surface area (Å²) in [6.45, 7) is 4.84. The number of thioether (sulfide) groups is 1. The van der Waals surface area contributed by atoms with E-state index in [2.05, 4.69) is 0 Å². The van der Waals surface area contributed by atoms with Gasteiger partial charge in [-0.1, -0.05) is 23.7 Å². The number of carbonyl (C=O) groups is 3. The molecule has 0 aromatic heterocycles. The Morgan fingerprint density at radius 1 is 1.36 bits per heavy atom. The fourth-order valence-electron chi connectivity index (χ4n) is 3.13. The Morgan fingerprint density at radius 3 is 2.75 bits per heavy atom. The summed E-state index contributed by atoms with van der Waals surface area (Å²) in [5.41, 5.74) is 0. The Kier molecular flexibility index (Phi) is 8.63. The van der Waals surface area contributed by atoms with Gasteiger partial charge in [0.05, 0.1) is 29.3 Å². The summed E-state index contributed by atoms with van der Waals surface area (Å²) in [7, 11) is 1.62. The molecule has 0 radical (unpaired) electrons. The topological polar surface area (TPSA) is 66.9 Å². The molecule has 2 amide bonds. The van der Waals surface area contributed by atoms with E-state index in [-0.39, 0.29) is 35.5 Å². The number of nitrogens with zero attached hydrogens (tertiary/aromatic N) is 2. The van der Waals surface area contributed by atoms with Gasteiger partial charge >= 0.3 is 5.97 Å². The van der Waals surface area contributed by atoms with Crippen LogP contribution >= 0.6 is 23.4 Å². The zero-order valence-corrected chi connectivity index (χ0v) is 18.1. The van der Waals surface area contributed by atoms with E-state index >= 15 is 0 Å². The molecule has 6 nitrogen and oxygen atoms in total. The Hall–Kier alpha value is -1.73. The van der Waals surface area contributed by atoms with E-state index in [9.17, 15) is 14.4 Å². The molecule has 0 N–H and O–H groups in total. The van der Waals surface area contributed by atoms with Crippen molar-refractivity contribution in [2.75, 3.05) is 33.3 Å². The Bertz CT molecular complexity index is 715. The third-order valence-corrected chi connectivity index (χ3v) is 6.24. The van der Waals surface area contributed by atoms with E-state index in [0.29, 0.717) is 24.7 Å². The number of piperidine rings is 1. The molecule has 0 bridgehead atoms. The Morgan fingerprint density at radius 2 is 2.07 bits per heavy atom. The summed E-state index contributed by atoms with van der Waals surface area (Å²) in [4.78, 5) is 41.1. The zero-order valence-electron chi connectivity index (χ0n) is 16.5. The maximum atomic E-state index is 12.7. The lowest BCUT2D eigenvalue weighted by atomic mass is 9.98. The molecule has 1 fully saturated rings. The molecule has 8 heteroatoms. The molecule has 0 spiro atoms. The van der Waals surface area contributed by atoms with E-state index in [1.165, 1.54) is 16.7 Å². The number of esters is 1. The fraction of sp³-hybridized carbons (Fsp3) is 0.550. The second-order valence-electron chi connectivity index (χ2n) is 6.82. The minimum absolute atomic E-state index is 0.0121. The molecule has 28 heavy (non-hydrogen) atoms. The van der Waals surface area contributed by atoms with Crippen LogP contribution in [0.3, 0.4) is 0 Å². The van der Waals surface area contributed by atoms with Gasteiger partial charge in [-0.25, -0.2) is 0 Å². The molecule has 2 atom stereocenters. The van der Waals surface area contributed by atoms with Gasteiger partial charge in [-0.15, -0.1) is 11.8 Å². The van der Waals surface area contributed by atoms with Crippen molar-refractivity contribution in [3.63, 3.8) is 0 Å². The molecule has 2 rings (SSSR count). The lowest BCUT2D eigenvalue weighted by molar-refractivity contribution is -0.152. The van der Waals surface area contributed by atoms with Crippen molar-refractivity contribution in [3.05, 3.63) is 29.3 Å². The fourth-order valence-corrected chi connectivity index (χ4v) is 4.40. The van der Waals surface area contributed by atoms with Crippen LogP contribution in [0.5, 0.6) is 0 Å². The summed E-state index contributed by atoms with van der Waals surface area (Å²) >= 11 is 7.53. The third kappa shape index (κ3) is 6.14. The predicted octanol–water partition coefficient (Wildman–Crippen LogP) is 3.08. The molecule has 1 aromatic carbocycles. The summed E-state index contributed by atoms with van der Waals surface area (Å²) < 4.78 is 5.07. The normalized spacial score (nSPS) is 17.7. The Labute approximate surface area is 175 Å². The zero-order chi connectivity index (χ0) is 20.7. The number of ether oxygens (including phenoxy) is 1. The van der Waals surface area contributed by atoms with Crippen molar-refractivity contribution in [2.24, 2.45) is 5.92 Å². The van der Waals surface area contributed by atoms with Gasteiger partial charge in [0.15, 0.2) is 0 Å². The van der Waals surface area contributed by atoms with Crippen molar-refractivity contribution >= 4 is 41.1 Å². The highest BCUT2D eigenvalue weighted by atomic mass is 35.5. The molecule has 2 unspecified atom stereocenters. The van der Waals surface area contributed by atoms with E-state index in [1.807, 2.05) is 18.2 Å². The molecular formula is C20H27ClN2O4S. The number of halogens is 1. The smallest absolute Gasteiger partial charge is 0.310 e. The number of amides is 2. The molecule has 0 aliphatic carbocycles. The van der Waals surface area contributed by atoms with Gasteiger partial charge < -0.3 is 14.5 Å². The largest absolute Gasteiger partial charge is 0.466 e. The van der Waals surface area contributed by atoms with Crippen LogP contribution < -0.4 is 0 Å².